The van der Waals surface area contributed by atoms with Crippen LogP contribution in [-0.4, -0.2) is 24.4 Å². The van der Waals surface area contributed by atoms with Gasteiger partial charge in [0.25, 0.3) is 5.91 Å². The van der Waals surface area contributed by atoms with E-state index >= 15 is 0 Å². The third kappa shape index (κ3) is 5.71. The summed E-state index contributed by atoms with van der Waals surface area (Å²) in [5.41, 5.74) is 1.07. The highest BCUT2D eigenvalue weighted by atomic mass is 19.1. The minimum atomic E-state index is -0.673. The minimum Gasteiger partial charge on any atom is -0.354 e. The predicted octanol–water partition coefficient (Wildman–Crippen LogP) is 3.08. The number of hydrogen-bond donors (Lipinski definition) is 2. The van der Waals surface area contributed by atoms with Gasteiger partial charge in [-0.15, -0.1) is 0 Å². The van der Waals surface area contributed by atoms with Crippen molar-refractivity contribution in [3.63, 3.8) is 0 Å². The van der Waals surface area contributed by atoms with Gasteiger partial charge in [-0.3, -0.25) is 9.59 Å². The Balaban J connectivity index is 1.91. The summed E-state index contributed by atoms with van der Waals surface area (Å²) < 4.78 is 13.7. The van der Waals surface area contributed by atoms with Crippen LogP contribution in [0.25, 0.3) is 0 Å². The van der Waals surface area contributed by atoms with Crippen molar-refractivity contribution in [2.45, 2.75) is 32.2 Å². The summed E-state index contributed by atoms with van der Waals surface area (Å²) in [6.45, 7) is 2.41. The Morgan fingerprint density at radius 3 is 2.40 bits per heavy atom. The van der Waals surface area contributed by atoms with E-state index in [1.54, 1.807) is 6.07 Å². The Kier molecular flexibility index (Phi) is 7.14. The zero-order valence-corrected chi connectivity index (χ0v) is 14.3. The molecular formula is C20H23FN2O2. The zero-order chi connectivity index (χ0) is 18.1. The molecule has 0 aliphatic heterocycles. The lowest BCUT2D eigenvalue weighted by molar-refractivity contribution is -0.123. The van der Waals surface area contributed by atoms with Crippen LogP contribution in [0.15, 0.2) is 54.6 Å². The molecule has 0 fully saturated rings. The van der Waals surface area contributed by atoms with E-state index < -0.39 is 17.8 Å². The van der Waals surface area contributed by atoms with Crippen LogP contribution in [0.4, 0.5) is 4.39 Å². The number of halogens is 1. The van der Waals surface area contributed by atoms with E-state index in [1.807, 2.05) is 37.3 Å². The molecule has 2 rings (SSSR count). The first-order chi connectivity index (χ1) is 12.1. The number of carbonyl (C=O) groups is 2. The zero-order valence-electron chi connectivity index (χ0n) is 14.3. The van der Waals surface area contributed by atoms with Gasteiger partial charge in [0, 0.05) is 6.54 Å². The molecule has 25 heavy (non-hydrogen) atoms. The van der Waals surface area contributed by atoms with E-state index in [9.17, 15) is 14.0 Å². The summed E-state index contributed by atoms with van der Waals surface area (Å²) in [6, 6.07) is 14.9. The van der Waals surface area contributed by atoms with Crippen molar-refractivity contribution in [3.8, 4) is 0 Å². The minimum absolute atomic E-state index is 0.0549. The van der Waals surface area contributed by atoms with Gasteiger partial charge in [-0.05, 0) is 30.5 Å². The third-order valence-electron chi connectivity index (χ3n) is 3.87. The van der Waals surface area contributed by atoms with Gasteiger partial charge in [-0.2, -0.15) is 0 Å². The van der Waals surface area contributed by atoms with Crippen molar-refractivity contribution in [1.82, 2.24) is 10.6 Å². The second-order valence-electron chi connectivity index (χ2n) is 5.82. The largest absolute Gasteiger partial charge is 0.354 e. The first-order valence-electron chi connectivity index (χ1n) is 8.49. The van der Waals surface area contributed by atoms with Gasteiger partial charge >= 0.3 is 0 Å². The maximum atomic E-state index is 13.7. The van der Waals surface area contributed by atoms with Crippen molar-refractivity contribution in [1.29, 1.82) is 0 Å². The molecule has 2 aromatic rings. The molecule has 0 aliphatic carbocycles. The number of rotatable bonds is 8. The van der Waals surface area contributed by atoms with Gasteiger partial charge in [0.05, 0.1) is 5.56 Å². The van der Waals surface area contributed by atoms with Crippen molar-refractivity contribution < 1.29 is 14.0 Å². The van der Waals surface area contributed by atoms with E-state index in [-0.39, 0.29) is 11.5 Å². The summed E-state index contributed by atoms with van der Waals surface area (Å²) in [6.07, 6.45) is 1.94. The molecule has 4 nitrogen and oxygen atoms in total. The van der Waals surface area contributed by atoms with Crippen LogP contribution in [0.1, 0.15) is 35.7 Å². The van der Waals surface area contributed by atoms with Crippen LogP contribution in [-0.2, 0) is 11.2 Å². The lowest BCUT2D eigenvalue weighted by Gasteiger charge is -2.18. The van der Waals surface area contributed by atoms with E-state index in [0.29, 0.717) is 19.4 Å². The molecule has 0 heterocycles. The summed E-state index contributed by atoms with van der Waals surface area (Å²) in [4.78, 5) is 24.6. The topological polar surface area (TPSA) is 58.2 Å². The Labute approximate surface area is 147 Å². The molecule has 1 unspecified atom stereocenters. The molecule has 0 spiro atoms. The molecule has 5 heteroatoms. The average molecular weight is 342 g/mol. The molecule has 2 N–H and O–H groups in total. The van der Waals surface area contributed by atoms with Crippen LogP contribution in [0, 0.1) is 5.82 Å². The Morgan fingerprint density at radius 1 is 1.04 bits per heavy atom. The highest BCUT2D eigenvalue weighted by molar-refractivity contribution is 5.97. The molecule has 0 aliphatic rings. The second kappa shape index (κ2) is 9.57. The number of benzene rings is 2. The normalized spacial score (nSPS) is 11.6. The van der Waals surface area contributed by atoms with E-state index in [2.05, 4.69) is 10.6 Å². The molecule has 0 radical (unpaired) electrons. The first-order valence-corrected chi connectivity index (χ1v) is 8.49. The number of hydrogen-bond acceptors (Lipinski definition) is 2. The van der Waals surface area contributed by atoms with Gasteiger partial charge in [0.2, 0.25) is 5.91 Å². The van der Waals surface area contributed by atoms with Crippen molar-refractivity contribution in [2.75, 3.05) is 6.54 Å². The number of carbonyl (C=O) groups excluding carboxylic acids is 2. The molecule has 132 valence electrons. The van der Waals surface area contributed by atoms with Gasteiger partial charge < -0.3 is 10.6 Å². The molecule has 0 aromatic heterocycles. The van der Waals surface area contributed by atoms with Gasteiger partial charge in [-0.1, -0.05) is 55.8 Å². The monoisotopic (exact) mass is 342 g/mol. The second-order valence-corrected chi connectivity index (χ2v) is 5.82. The Hall–Kier alpha value is -2.69. The lowest BCUT2D eigenvalue weighted by Crippen LogP contribution is -2.47. The molecule has 0 bridgehead atoms. The maximum Gasteiger partial charge on any atom is 0.254 e. The lowest BCUT2D eigenvalue weighted by atomic mass is 10.1. The third-order valence-corrected chi connectivity index (χ3v) is 3.87. The summed E-state index contributed by atoms with van der Waals surface area (Å²) >= 11 is 0. The van der Waals surface area contributed by atoms with E-state index in [1.165, 1.54) is 18.2 Å². The fraction of sp³-hybridized carbons (Fsp3) is 0.300. The molecule has 2 amide bonds. The standard InChI is InChI=1S/C20H23FN2O2/c1-2-8-18(23-19(24)16-11-6-7-12-17(16)21)20(25)22-14-13-15-9-4-3-5-10-15/h3-7,9-12,18H,2,8,13-14H2,1H3,(H,22,25)(H,23,24). The predicted molar refractivity (Wildman–Crippen MR) is 95.7 cm³/mol. The highest BCUT2D eigenvalue weighted by Crippen LogP contribution is 2.08. The molecular weight excluding hydrogens is 319 g/mol. The fourth-order valence-corrected chi connectivity index (χ4v) is 2.54. The van der Waals surface area contributed by atoms with E-state index in [0.717, 1.165) is 12.0 Å². The van der Waals surface area contributed by atoms with Crippen LogP contribution >= 0.6 is 0 Å². The quantitative estimate of drug-likeness (QED) is 0.774. The molecule has 0 saturated heterocycles. The van der Waals surface area contributed by atoms with Crippen LogP contribution in [0.3, 0.4) is 0 Å². The molecule has 0 saturated carbocycles. The van der Waals surface area contributed by atoms with Crippen LogP contribution < -0.4 is 10.6 Å². The van der Waals surface area contributed by atoms with Gasteiger partial charge in [0.15, 0.2) is 0 Å². The summed E-state index contributed by atoms with van der Waals surface area (Å²) in [5, 5.41) is 5.47. The van der Waals surface area contributed by atoms with Crippen molar-refractivity contribution in [3.05, 3.63) is 71.5 Å². The van der Waals surface area contributed by atoms with Crippen LogP contribution in [0.5, 0.6) is 0 Å². The molecule has 1 atom stereocenters. The number of nitrogens with one attached hydrogen (secondary N) is 2. The maximum absolute atomic E-state index is 13.7. The number of amides is 2. The fourth-order valence-electron chi connectivity index (χ4n) is 2.54. The average Bonchev–Trinajstić information content (AvgIpc) is 2.62. The highest BCUT2D eigenvalue weighted by Gasteiger charge is 2.21. The molecule has 2 aromatic carbocycles. The van der Waals surface area contributed by atoms with Gasteiger partial charge in [-0.25, -0.2) is 4.39 Å². The summed E-state index contributed by atoms with van der Waals surface area (Å²) in [5.74, 6) is -1.42. The Bertz CT molecular complexity index is 704. The SMILES string of the molecule is CCCC(NC(=O)c1ccccc1F)C(=O)NCCc1ccccc1. The van der Waals surface area contributed by atoms with Crippen molar-refractivity contribution in [2.24, 2.45) is 0 Å². The van der Waals surface area contributed by atoms with Crippen LogP contribution in [0.2, 0.25) is 0 Å². The first kappa shape index (κ1) is 18.6. The summed E-state index contributed by atoms with van der Waals surface area (Å²) in [7, 11) is 0. The van der Waals surface area contributed by atoms with E-state index in [4.69, 9.17) is 0 Å². The van der Waals surface area contributed by atoms with Gasteiger partial charge in [0.1, 0.15) is 11.9 Å². The smallest absolute Gasteiger partial charge is 0.254 e. The Morgan fingerprint density at radius 2 is 1.72 bits per heavy atom. The van der Waals surface area contributed by atoms with Crippen molar-refractivity contribution >= 4 is 11.8 Å².